The van der Waals surface area contributed by atoms with Crippen LogP contribution >= 0.6 is 0 Å². The number of nitrogens with zero attached hydrogens (tertiary/aromatic N) is 2. The summed E-state index contributed by atoms with van der Waals surface area (Å²) in [5.74, 6) is 1.49. The van der Waals surface area contributed by atoms with Crippen LogP contribution in [-0.2, 0) is 6.42 Å². The molecule has 0 spiro atoms. The molecule has 2 N–H and O–H groups in total. The van der Waals surface area contributed by atoms with Gasteiger partial charge < -0.3 is 15.2 Å². The molecule has 2 saturated heterocycles. The molecule has 2 atom stereocenters. The summed E-state index contributed by atoms with van der Waals surface area (Å²) in [6.07, 6.45) is 7.02. The van der Waals surface area contributed by atoms with Gasteiger partial charge in [0, 0.05) is 30.6 Å². The smallest absolute Gasteiger partial charge is 0.252 e. The third-order valence-electron chi connectivity index (χ3n) is 4.82. The van der Waals surface area contributed by atoms with Crippen molar-refractivity contribution in [3.8, 4) is 0 Å². The number of aromatic nitrogens is 2. The van der Waals surface area contributed by atoms with Crippen LogP contribution < -0.4 is 10.9 Å². The number of hydrogen-bond donors (Lipinski definition) is 2. The fourth-order valence-corrected chi connectivity index (χ4v) is 3.69. The Morgan fingerprint density at radius 1 is 1.40 bits per heavy atom. The average Bonchev–Trinajstić information content (AvgIpc) is 2.39. The van der Waals surface area contributed by atoms with E-state index in [9.17, 15) is 4.79 Å². The summed E-state index contributed by atoms with van der Waals surface area (Å²) in [6, 6.07) is 3.40. The van der Waals surface area contributed by atoms with Crippen LogP contribution in [0.5, 0.6) is 0 Å². The Morgan fingerprint density at radius 2 is 2.10 bits per heavy atom. The molecule has 110 valence electrons. The Balaban J connectivity index is 1.72. The lowest BCUT2D eigenvalue weighted by Crippen LogP contribution is -2.52. The maximum atomic E-state index is 11.6. The van der Waals surface area contributed by atoms with Gasteiger partial charge in [-0.3, -0.25) is 4.79 Å². The van der Waals surface area contributed by atoms with Crippen molar-refractivity contribution in [2.24, 2.45) is 0 Å². The molecule has 3 rings (SSSR count). The van der Waals surface area contributed by atoms with Crippen molar-refractivity contribution in [3.05, 3.63) is 22.2 Å². The van der Waals surface area contributed by atoms with Crippen molar-refractivity contribution in [2.45, 2.75) is 63.6 Å². The third-order valence-corrected chi connectivity index (χ3v) is 4.82. The van der Waals surface area contributed by atoms with Gasteiger partial charge in [0.2, 0.25) is 0 Å². The first-order chi connectivity index (χ1) is 9.65. The molecule has 3 heterocycles. The summed E-state index contributed by atoms with van der Waals surface area (Å²) in [5.41, 5.74) is -0.0625. The van der Waals surface area contributed by atoms with Crippen molar-refractivity contribution in [1.82, 2.24) is 14.9 Å². The van der Waals surface area contributed by atoms with Crippen molar-refractivity contribution in [2.75, 3.05) is 12.4 Å². The fraction of sp³-hybridized carbons (Fsp3) is 0.733. The largest absolute Gasteiger partial charge is 0.367 e. The van der Waals surface area contributed by atoms with Crippen LogP contribution in [0.15, 0.2) is 10.9 Å². The number of nitrogens with one attached hydrogen (secondary N) is 2. The van der Waals surface area contributed by atoms with Crippen molar-refractivity contribution >= 4 is 5.82 Å². The minimum absolute atomic E-state index is 0.0625. The van der Waals surface area contributed by atoms with Crippen LogP contribution in [0.4, 0.5) is 5.82 Å². The lowest BCUT2D eigenvalue weighted by atomic mass is 9.82. The van der Waals surface area contributed by atoms with E-state index in [0.29, 0.717) is 18.1 Å². The second-order valence-electron chi connectivity index (χ2n) is 6.15. The number of anilines is 1. The maximum absolute atomic E-state index is 11.6. The van der Waals surface area contributed by atoms with E-state index in [2.05, 4.69) is 27.2 Å². The average molecular weight is 276 g/mol. The van der Waals surface area contributed by atoms with E-state index in [4.69, 9.17) is 0 Å². The molecule has 1 aromatic heterocycles. The molecule has 0 saturated carbocycles. The quantitative estimate of drug-likeness (QED) is 0.883. The molecule has 5 nitrogen and oxygen atoms in total. The maximum Gasteiger partial charge on any atom is 0.252 e. The van der Waals surface area contributed by atoms with Crippen LogP contribution in [0.3, 0.4) is 0 Å². The van der Waals surface area contributed by atoms with Crippen molar-refractivity contribution in [3.63, 3.8) is 0 Å². The Labute approximate surface area is 119 Å². The third kappa shape index (κ3) is 2.73. The zero-order chi connectivity index (χ0) is 14.1. The van der Waals surface area contributed by atoms with E-state index in [1.807, 2.05) is 6.92 Å². The SMILES string of the molecule is CCc1nc(NC2CC3CCCC(C2)N3C)cc(=O)[nH]1. The summed E-state index contributed by atoms with van der Waals surface area (Å²) in [4.78, 5) is 21.4. The van der Waals surface area contributed by atoms with E-state index in [-0.39, 0.29) is 5.56 Å². The molecule has 0 amide bonds. The van der Waals surface area contributed by atoms with Crippen molar-refractivity contribution < 1.29 is 0 Å². The number of H-pyrrole nitrogens is 1. The van der Waals surface area contributed by atoms with Crippen LogP contribution in [-0.4, -0.2) is 40.0 Å². The van der Waals surface area contributed by atoms with Gasteiger partial charge in [0.05, 0.1) is 0 Å². The number of aromatic amines is 1. The van der Waals surface area contributed by atoms with E-state index in [1.54, 1.807) is 6.07 Å². The zero-order valence-corrected chi connectivity index (χ0v) is 12.4. The highest BCUT2D eigenvalue weighted by molar-refractivity contribution is 5.34. The molecular weight excluding hydrogens is 252 g/mol. The standard InChI is InChI=1S/C15H24N4O/c1-3-13-17-14(9-15(20)18-13)16-10-7-11-5-4-6-12(8-10)19(11)2/h9-12H,3-8H2,1-2H3,(H2,16,17,18,20). The summed E-state index contributed by atoms with van der Waals surface area (Å²) in [6.45, 7) is 2.00. The van der Waals surface area contributed by atoms with Gasteiger partial charge in [-0.1, -0.05) is 13.3 Å². The van der Waals surface area contributed by atoms with Crippen LogP contribution in [0.1, 0.15) is 44.9 Å². The number of hydrogen-bond acceptors (Lipinski definition) is 4. The molecule has 2 bridgehead atoms. The lowest BCUT2D eigenvalue weighted by molar-refractivity contribution is 0.0608. The summed E-state index contributed by atoms with van der Waals surface area (Å²) in [7, 11) is 2.26. The lowest BCUT2D eigenvalue weighted by Gasteiger charge is -2.47. The van der Waals surface area contributed by atoms with Gasteiger partial charge in [-0.2, -0.15) is 0 Å². The van der Waals surface area contributed by atoms with Gasteiger partial charge in [0.15, 0.2) is 0 Å². The Bertz CT molecular complexity index is 513. The highest BCUT2D eigenvalue weighted by atomic mass is 16.1. The van der Waals surface area contributed by atoms with E-state index in [1.165, 1.54) is 19.3 Å². The van der Waals surface area contributed by atoms with Gasteiger partial charge in [0.1, 0.15) is 11.6 Å². The normalized spacial score (nSPS) is 30.2. The predicted octanol–water partition coefficient (Wildman–Crippen LogP) is 1.76. The Hall–Kier alpha value is -1.36. The van der Waals surface area contributed by atoms with Crippen molar-refractivity contribution in [1.29, 1.82) is 0 Å². The number of aryl methyl sites for hydroxylation is 1. The van der Waals surface area contributed by atoms with E-state index in [0.717, 1.165) is 30.9 Å². The fourth-order valence-electron chi connectivity index (χ4n) is 3.69. The van der Waals surface area contributed by atoms with Gasteiger partial charge in [-0.15, -0.1) is 0 Å². The molecule has 2 unspecified atom stereocenters. The molecule has 0 aromatic carbocycles. The first-order valence-electron chi connectivity index (χ1n) is 7.74. The molecule has 0 aliphatic carbocycles. The molecule has 2 fully saturated rings. The summed E-state index contributed by atoms with van der Waals surface area (Å²) in [5, 5.41) is 3.49. The molecule has 1 aromatic rings. The van der Waals surface area contributed by atoms with E-state index < -0.39 is 0 Å². The van der Waals surface area contributed by atoms with Gasteiger partial charge >= 0.3 is 0 Å². The highest BCUT2D eigenvalue weighted by Gasteiger charge is 2.35. The first kappa shape index (κ1) is 13.6. The molecular formula is C15H24N4O. The number of piperidine rings is 2. The number of fused-ring (bicyclic) bond motifs is 2. The predicted molar refractivity (Wildman–Crippen MR) is 80.1 cm³/mol. The van der Waals surface area contributed by atoms with Crippen LogP contribution in [0.25, 0.3) is 0 Å². The first-order valence-corrected chi connectivity index (χ1v) is 7.74. The summed E-state index contributed by atoms with van der Waals surface area (Å²) >= 11 is 0. The Morgan fingerprint density at radius 3 is 2.75 bits per heavy atom. The zero-order valence-electron chi connectivity index (χ0n) is 12.4. The van der Waals surface area contributed by atoms with Gasteiger partial charge in [0.25, 0.3) is 5.56 Å². The Kier molecular flexibility index (Phi) is 3.78. The second kappa shape index (κ2) is 5.56. The number of rotatable bonds is 3. The van der Waals surface area contributed by atoms with Crippen LogP contribution in [0.2, 0.25) is 0 Å². The molecule has 20 heavy (non-hydrogen) atoms. The van der Waals surface area contributed by atoms with Gasteiger partial charge in [-0.25, -0.2) is 4.98 Å². The molecule has 2 aliphatic rings. The molecule has 2 aliphatic heterocycles. The van der Waals surface area contributed by atoms with Crippen LogP contribution in [0, 0.1) is 0 Å². The monoisotopic (exact) mass is 276 g/mol. The van der Waals surface area contributed by atoms with E-state index >= 15 is 0 Å². The second-order valence-corrected chi connectivity index (χ2v) is 6.15. The molecule has 5 heteroatoms. The van der Waals surface area contributed by atoms with Gasteiger partial charge in [-0.05, 0) is 32.7 Å². The highest BCUT2D eigenvalue weighted by Crippen LogP contribution is 2.33. The minimum Gasteiger partial charge on any atom is -0.367 e. The minimum atomic E-state index is -0.0625. The molecule has 0 radical (unpaired) electrons. The summed E-state index contributed by atoms with van der Waals surface area (Å²) < 4.78 is 0. The topological polar surface area (TPSA) is 61.0 Å².